The normalized spacial score (nSPS) is 32.3. The molecule has 3 atom stereocenters. The highest BCUT2D eigenvalue weighted by molar-refractivity contribution is 5.92. The first kappa shape index (κ1) is 19.2. The van der Waals surface area contributed by atoms with E-state index in [1.54, 1.807) is 0 Å². The molecule has 22 heavy (non-hydrogen) atoms. The number of rotatable bonds is 4. The van der Waals surface area contributed by atoms with Crippen LogP contribution in [0.15, 0.2) is 0 Å². The molecule has 0 spiro atoms. The van der Waals surface area contributed by atoms with Crippen LogP contribution in [0.25, 0.3) is 0 Å². The second-order valence-corrected chi connectivity index (χ2v) is 7.04. The number of hydrogen-bond acceptors (Lipinski definition) is 4. The number of ether oxygens (including phenoxy) is 1. The number of hydrogen-bond donors (Lipinski definition) is 3. The van der Waals surface area contributed by atoms with Gasteiger partial charge >= 0.3 is 0 Å². The third kappa shape index (κ3) is 2.96. The van der Waals surface area contributed by atoms with E-state index < -0.39 is 11.0 Å². The van der Waals surface area contributed by atoms with Crippen LogP contribution in [-0.4, -0.2) is 42.7 Å². The molecule has 0 bridgehead atoms. The maximum Gasteiger partial charge on any atom is 0.241 e. The van der Waals surface area contributed by atoms with Crippen LogP contribution in [0.5, 0.6) is 0 Å². The van der Waals surface area contributed by atoms with Gasteiger partial charge in [0, 0.05) is 24.0 Å². The van der Waals surface area contributed by atoms with Gasteiger partial charge in [-0.15, -0.1) is 12.4 Å². The SMILES string of the molecule is CC(C)NC(=O)CNC(=O)C1(N)C2CCCOC2C1(C)C.Cl. The van der Waals surface area contributed by atoms with Gasteiger partial charge in [0.25, 0.3) is 0 Å². The molecule has 3 unspecified atom stereocenters. The molecular weight excluding hydrogens is 306 g/mol. The van der Waals surface area contributed by atoms with Crippen LogP contribution in [0.3, 0.4) is 0 Å². The minimum absolute atomic E-state index is 0. The summed E-state index contributed by atoms with van der Waals surface area (Å²) in [5.41, 5.74) is 5.06. The van der Waals surface area contributed by atoms with Crippen molar-refractivity contribution in [3.05, 3.63) is 0 Å². The molecule has 0 aromatic rings. The Morgan fingerprint density at radius 1 is 1.36 bits per heavy atom. The fraction of sp³-hybridized carbons (Fsp3) is 0.867. The Morgan fingerprint density at radius 2 is 2.00 bits per heavy atom. The van der Waals surface area contributed by atoms with Gasteiger partial charge in [-0.3, -0.25) is 9.59 Å². The first-order valence-electron chi connectivity index (χ1n) is 7.69. The van der Waals surface area contributed by atoms with E-state index in [2.05, 4.69) is 10.6 Å². The van der Waals surface area contributed by atoms with E-state index >= 15 is 0 Å². The highest BCUT2D eigenvalue weighted by Crippen LogP contribution is 2.57. The molecule has 1 aliphatic carbocycles. The molecule has 0 aromatic heterocycles. The van der Waals surface area contributed by atoms with Crippen LogP contribution in [0.1, 0.15) is 40.5 Å². The summed E-state index contributed by atoms with van der Waals surface area (Å²) in [7, 11) is 0. The highest BCUT2D eigenvalue weighted by atomic mass is 35.5. The fourth-order valence-corrected chi connectivity index (χ4v) is 3.72. The Morgan fingerprint density at radius 3 is 2.59 bits per heavy atom. The monoisotopic (exact) mass is 333 g/mol. The maximum absolute atomic E-state index is 12.5. The number of carbonyl (C=O) groups excluding carboxylic acids is 2. The lowest BCUT2D eigenvalue weighted by atomic mass is 9.46. The molecule has 2 fully saturated rings. The first-order valence-corrected chi connectivity index (χ1v) is 7.69. The summed E-state index contributed by atoms with van der Waals surface area (Å²) in [5, 5.41) is 5.43. The van der Waals surface area contributed by atoms with Crippen molar-refractivity contribution in [1.29, 1.82) is 0 Å². The van der Waals surface area contributed by atoms with Crippen molar-refractivity contribution < 1.29 is 14.3 Å². The number of fused-ring (bicyclic) bond motifs is 1. The molecule has 1 aliphatic heterocycles. The van der Waals surface area contributed by atoms with Crippen molar-refractivity contribution in [1.82, 2.24) is 10.6 Å². The average Bonchev–Trinajstić information content (AvgIpc) is 2.43. The van der Waals surface area contributed by atoms with Gasteiger partial charge in [-0.05, 0) is 26.7 Å². The molecule has 1 saturated carbocycles. The van der Waals surface area contributed by atoms with Crippen LogP contribution in [0.2, 0.25) is 0 Å². The zero-order valence-electron chi connectivity index (χ0n) is 13.8. The lowest BCUT2D eigenvalue weighted by molar-refractivity contribution is -0.225. The van der Waals surface area contributed by atoms with E-state index in [1.807, 2.05) is 27.7 Å². The topological polar surface area (TPSA) is 93.5 Å². The fourth-order valence-electron chi connectivity index (χ4n) is 3.72. The predicted octanol–water partition coefficient (Wildman–Crippen LogP) is 0.582. The predicted molar refractivity (Wildman–Crippen MR) is 86.7 cm³/mol. The summed E-state index contributed by atoms with van der Waals surface area (Å²) in [6.07, 6.45) is 1.86. The Hall–Kier alpha value is -0.850. The van der Waals surface area contributed by atoms with Gasteiger partial charge in [0.2, 0.25) is 11.8 Å². The van der Waals surface area contributed by atoms with Crippen molar-refractivity contribution in [2.24, 2.45) is 17.1 Å². The Labute approximate surface area is 138 Å². The van der Waals surface area contributed by atoms with Gasteiger partial charge in [-0.1, -0.05) is 13.8 Å². The minimum Gasteiger partial charge on any atom is -0.377 e. The number of nitrogens with two attached hydrogens (primary N) is 1. The lowest BCUT2D eigenvalue weighted by Gasteiger charge is -2.65. The van der Waals surface area contributed by atoms with Crippen LogP contribution in [0.4, 0.5) is 0 Å². The summed E-state index contributed by atoms with van der Waals surface area (Å²) in [6.45, 7) is 8.39. The van der Waals surface area contributed by atoms with Gasteiger partial charge in [0.05, 0.1) is 12.6 Å². The molecule has 6 nitrogen and oxygen atoms in total. The smallest absolute Gasteiger partial charge is 0.241 e. The number of halogens is 1. The molecule has 0 aromatic carbocycles. The molecule has 128 valence electrons. The molecule has 2 rings (SSSR count). The third-order valence-corrected chi connectivity index (χ3v) is 4.92. The van der Waals surface area contributed by atoms with Crippen LogP contribution in [0, 0.1) is 11.3 Å². The third-order valence-electron chi connectivity index (χ3n) is 4.92. The van der Waals surface area contributed by atoms with Crippen LogP contribution >= 0.6 is 12.4 Å². The average molecular weight is 334 g/mol. The molecule has 7 heteroatoms. The highest BCUT2D eigenvalue weighted by Gasteiger charge is 2.70. The second kappa shape index (κ2) is 6.72. The van der Waals surface area contributed by atoms with Crippen molar-refractivity contribution in [3.8, 4) is 0 Å². The van der Waals surface area contributed by atoms with Gasteiger partial charge < -0.3 is 21.1 Å². The summed E-state index contributed by atoms with van der Waals surface area (Å²) in [6, 6.07) is 0.0532. The summed E-state index contributed by atoms with van der Waals surface area (Å²) < 4.78 is 5.78. The second-order valence-electron chi connectivity index (χ2n) is 7.04. The largest absolute Gasteiger partial charge is 0.377 e. The standard InChI is InChI=1S/C15H27N3O3.ClH/c1-9(2)18-11(19)8-17-13(20)15(16)10-6-5-7-21-12(10)14(15,3)4;/h9-10,12H,5-8,16H2,1-4H3,(H,17,20)(H,18,19);1H. The summed E-state index contributed by atoms with van der Waals surface area (Å²) in [4.78, 5) is 24.2. The van der Waals surface area contributed by atoms with E-state index in [4.69, 9.17) is 10.5 Å². The Kier molecular flexibility index (Phi) is 5.87. The number of carbonyl (C=O) groups is 2. The quantitative estimate of drug-likeness (QED) is 0.701. The van der Waals surface area contributed by atoms with Gasteiger partial charge in [0.1, 0.15) is 5.54 Å². The van der Waals surface area contributed by atoms with Crippen molar-refractivity contribution in [2.75, 3.05) is 13.2 Å². The number of amides is 2. The van der Waals surface area contributed by atoms with E-state index in [0.717, 1.165) is 19.4 Å². The summed E-state index contributed by atoms with van der Waals surface area (Å²) >= 11 is 0. The molecule has 1 saturated heterocycles. The van der Waals surface area contributed by atoms with E-state index in [-0.39, 0.29) is 48.8 Å². The minimum atomic E-state index is -0.962. The molecule has 2 aliphatic rings. The lowest BCUT2D eigenvalue weighted by Crippen LogP contribution is -2.82. The molecule has 2 amide bonds. The zero-order valence-corrected chi connectivity index (χ0v) is 14.6. The van der Waals surface area contributed by atoms with Crippen molar-refractivity contribution in [2.45, 2.75) is 58.2 Å². The molecular formula is C15H28ClN3O3. The zero-order chi connectivity index (χ0) is 15.8. The first-order chi connectivity index (χ1) is 9.71. The van der Waals surface area contributed by atoms with Crippen molar-refractivity contribution in [3.63, 3.8) is 0 Å². The van der Waals surface area contributed by atoms with E-state index in [0.29, 0.717) is 0 Å². The van der Waals surface area contributed by atoms with Gasteiger partial charge in [-0.25, -0.2) is 0 Å². The van der Waals surface area contributed by atoms with Gasteiger partial charge in [-0.2, -0.15) is 0 Å². The Bertz CT molecular complexity index is 442. The summed E-state index contributed by atoms with van der Waals surface area (Å²) in [5.74, 6) is -0.414. The Balaban J connectivity index is 0.00000242. The molecule has 1 heterocycles. The van der Waals surface area contributed by atoms with Gasteiger partial charge in [0.15, 0.2) is 0 Å². The van der Waals surface area contributed by atoms with E-state index in [9.17, 15) is 9.59 Å². The van der Waals surface area contributed by atoms with Crippen molar-refractivity contribution >= 4 is 24.2 Å². The molecule has 4 N–H and O–H groups in total. The number of nitrogens with one attached hydrogen (secondary N) is 2. The molecule has 0 radical (unpaired) electrons. The van der Waals surface area contributed by atoms with Crippen LogP contribution < -0.4 is 16.4 Å². The van der Waals surface area contributed by atoms with E-state index in [1.165, 1.54) is 0 Å². The maximum atomic E-state index is 12.5. The van der Waals surface area contributed by atoms with Crippen LogP contribution in [-0.2, 0) is 14.3 Å².